The Kier molecular flexibility index (Phi) is 3.04. The molecule has 3 aromatic rings. The molecule has 27 heavy (non-hydrogen) atoms. The summed E-state index contributed by atoms with van der Waals surface area (Å²) in [5, 5.41) is 8.47. The number of pyridine rings is 1. The highest BCUT2D eigenvalue weighted by atomic mass is 19.1. The number of aromatic nitrogens is 4. The van der Waals surface area contributed by atoms with E-state index in [-0.39, 0.29) is 5.54 Å². The third kappa shape index (κ3) is 2.46. The predicted octanol–water partition coefficient (Wildman–Crippen LogP) is 4.26. The second kappa shape index (κ2) is 5.27. The third-order valence-electron chi connectivity index (χ3n) is 6.72. The minimum Gasteiger partial charge on any atom is -0.363 e. The molecule has 138 valence electrons. The number of anilines is 1. The molecular weight excluding hydrogens is 341 g/mol. The summed E-state index contributed by atoms with van der Waals surface area (Å²) in [7, 11) is 0. The molecule has 4 bridgehead atoms. The molecule has 7 rings (SSSR count). The molecule has 4 aliphatic rings. The second-order valence-electron chi connectivity index (χ2n) is 8.89. The Balaban J connectivity index is 1.37. The van der Waals surface area contributed by atoms with Gasteiger partial charge in [0.25, 0.3) is 0 Å². The van der Waals surface area contributed by atoms with Crippen LogP contribution in [0.4, 0.5) is 10.2 Å². The molecule has 0 amide bonds. The van der Waals surface area contributed by atoms with Crippen LogP contribution in [0.3, 0.4) is 0 Å². The quantitative estimate of drug-likeness (QED) is 0.755. The first-order chi connectivity index (χ1) is 13.1. The van der Waals surface area contributed by atoms with Crippen molar-refractivity contribution in [2.24, 2.45) is 11.8 Å². The van der Waals surface area contributed by atoms with Crippen LogP contribution in [0.2, 0.25) is 0 Å². The number of hydrogen-bond acceptors (Lipinski definition) is 4. The molecule has 0 aromatic carbocycles. The lowest BCUT2D eigenvalue weighted by atomic mass is 9.51. The van der Waals surface area contributed by atoms with Gasteiger partial charge in [-0.25, -0.2) is 13.9 Å². The molecule has 0 spiro atoms. The predicted molar refractivity (Wildman–Crippen MR) is 101 cm³/mol. The second-order valence-corrected chi connectivity index (χ2v) is 8.89. The zero-order valence-electron chi connectivity index (χ0n) is 15.1. The van der Waals surface area contributed by atoms with Gasteiger partial charge in [-0.1, -0.05) is 0 Å². The first-order valence-electron chi connectivity index (χ1n) is 9.82. The number of alkyl halides is 1. The van der Waals surface area contributed by atoms with Crippen molar-refractivity contribution in [2.75, 3.05) is 5.32 Å². The zero-order chi connectivity index (χ0) is 18.1. The molecule has 0 aliphatic heterocycles. The van der Waals surface area contributed by atoms with Gasteiger partial charge in [-0.05, 0) is 68.2 Å². The molecule has 5 nitrogen and oxygen atoms in total. The summed E-state index contributed by atoms with van der Waals surface area (Å²) in [4.78, 5) is 8.55. The number of nitrogens with one attached hydrogen (secondary N) is 1. The van der Waals surface area contributed by atoms with Crippen LogP contribution in [-0.2, 0) is 0 Å². The molecule has 6 heteroatoms. The van der Waals surface area contributed by atoms with Crippen LogP contribution >= 0.6 is 0 Å². The van der Waals surface area contributed by atoms with Crippen LogP contribution in [0.1, 0.15) is 38.5 Å². The number of halogens is 1. The molecule has 4 fully saturated rings. The van der Waals surface area contributed by atoms with E-state index in [1.54, 1.807) is 12.4 Å². The van der Waals surface area contributed by atoms with E-state index < -0.39 is 5.67 Å². The van der Waals surface area contributed by atoms with E-state index in [4.69, 9.17) is 5.10 Å². The molecule has 1 N–H and O–H groups in total. The van der Waals surface area contributed by atoms with Crippen molar-refractivity contribution >= 4 is 11.5 Å². The van der Waals surface area contributed by atoms with Crippen LogP contribution in [0.5, 0.6) is 0 Å². The lowest BCUT2D eigenvalue weighted by Crippen LogP contribution is -2.60. The van der Waals surface area contributed by atoms with Gasteiger partial charge in [0.05, 0.1) is 11.9 Å². The lowest BCUT2D eigenvalue weighted by molar-refractivity contribution is -0.0779. The molecule has 4 saturated carbocycles. The topological polar surface area (TPSA) is 55.1 Å². The van der Waals surface area contributed by atoms with Crippen molar-refractivity contribution in [2.45, 2.75) is 49.7 Å². The maximum absolute atomic E-state index is 15.2. The Morgan fingerprint density at radius 1 is 1.04 bits per heavy atom. The largest absolute Gasteiger partial charge is 0.363 e. The standard InChI is InChI=1S/C21H22FN5/c22-20-8-14-7-15(9-20)11-21(10-14,13-20)25-18-1-2-19-24-12-17(27(19)26-18)16-3-5-23-6-4-16/h1-6,12,14-15H,7-11,13H2,(H,25,26). The Morgan fingerprint density at radius 3 is 2.56 bits per heavy atom. The number of nitrogens with zero attached hydrogens (tertiary/aromatic N) is 4. The monoisotopic (exact) mass is 363 g/mol. The fourth-order valence-electron chi connectivity index (χ4n) is 6.23. The molecule has 4 aliphatic carbocycles. The van der Waals surface area contributed by atoms with Crippen molar-refractivity contribution < 1.29 is 4.39 Å². The summed E-state index contributed by atoms with van der Waals surface area (Å²) in [5.74, 6) is 1.85. The van der Waals surface area contributed by atoms with E-state index >= 15 is 4.39 Å². The Labute approximate surface area is 157 Å². The summed E-state index contributed by atoms with van der Waals surface area (Å²) in [6.45, 7) is 0. The first kappa shape index (κ1) is 15.5. The van der Waals surface area contributed by atoms with E-state index in [0.717, 1.165) is 48.4 Å². The minimum atomic E-state index is -0.974. The van der Waals surface area contributed by atoms with Crippen molar-refractivity contribution in [3.8, 4) is 11.3 Å². The summed E-state index contributed by atoms with van der Waals surface area (Å²) in [6, 6.07) is 7.86. The highest BCUT2D eigenvalue weighted by Crippen LogP contribution is 2.59. The Morgan fingerprint density at radius 2 is 1.81 bits per heavy atom. The summed E-state index contributed by atoms with van der Waals surface area (Å²) < 4.78 is 17.1. The summed E-state index contributed by atoms with van der Waals surface area (Å²) in [5.41, 5.74) is 1.65. The van der Waals surface area contributed by atoms with Crippen LogP contribution in [-0.4, -0.2) is 30.8 Å². The molecule has 3 aromatic heterocycles. The molecule has 2 unspecified atom stereocenters. The summed E-state index contributed by atoms with van der Waals surface area (Å²) >= 11 is 0. The number of hydrogen-bond donors (Lipinski definition) is 1. The maximum Gasteiger partial charge on any atom is 0.154 e. The first-order valence-corrected chi connectivity index (χ1v) is 9.82. The van der Waals surface area contributed by atoms with E-state index in [2.05, 4.69) is 15.3 Å². The van der Waals surface area contributed by atoms with Gasteiger partial charge in [0.2, 0.25) is 0 Å². The van der Waals surface area contributed by atoms with Gasteiger partial charge in [-0.3, -0.25) is 4.98 Å². The van der Waals surface area contributed by atoms with Crippen molar-refractivity contribution in [1.82, 2.24) is 19.6 Å². The maximum atomic E-state index is 15.2. The van der Waals surface area contributed by atoms with Gasteiger partial charge in [-0.2, -0.15) is 0 Å². The van der Waals surface area contributed by atoms with Gasteiger partial charge in [0.1, 0.15) is 11.5 Å². The van der Waals surface area contributed by atoms with Crippen LogP contribution in [0.15, 0.2) is 42.9 Å². The highest BCUT2D eigenvalue weighted by Gasteiger charge is 2.58. The average Bonchev–Trinajstić information content (AvgIpc) is 3.03. The molecule has 3 heterocycles. The Hall–Kier alpha value is -2.50. The number of imidazole rings is 1. The third-order valence-corrected chi connectivity index (χ3v) is 6.72. The van der Waals surface area contributed by atoms with Gasteiger partial charge in [-0.15, -0.1) is 5.10 Å². The molecule has 0 saturated heterocycles. The van der Waals surface area contributed by atoms with Gasteiger partial charge >= 0.3 is 0 Å². The molecule has 0 radical (unpaired) electrons. The lowest BCUT2D eigenvalue weighted by Gasteiger charge is -2.59. The van der Waals surface area contributed by atoms with Crippen molar-refractivity contribution in [3.63, 3.8) is 0 Å². The SMILES string of the molecule is FC12CC3CC(C1)CC(Nc1ccc4ncc(-c5ccncc5)n4n1)(C3)C2. The average molecular weight is 363 g/mol. The number of rotatable bonds is 3. The highest BCUT2D eigenvalue weighted by molar-refractivity contribution is 5.63. The molecular formula is C21H22FN5. The van der Waals surface area contributed by atoms with Crippen LogP contribution in [0, 0.1) is 11.8 Å². The summed E-state index contributed by atoms with van der Waals surface area (Å²) in [6.07, 6.45) is 10.8. The van der Waals surface area contributed by atoms with Crippen molar-refractivity contribution in [3.05, 3.63) is 42.9 Å². The Bertz CT molecular complexity index is 1000. The minimum absolute atomic E-state index is 0.142. The van der Waals surface area contributed by atoms with Gasteiger partial charge in [0, 0.05) is 29.9 Å². The normalized spacial score (nSPS) is 34.3. The van der Waals surface area contributed by atoms with E-state index in [1.165, 1.54) is 6.42 Å². The van der Waals surface area contributed by atoms with E-state index in [9.17, 15) is 0 Å². The number of fused-ring (bicyclic) bond motifs is 1. The fourth-order valence-corrected chi connectivity index (χ4v) is 6.23. The zero-order valence-corrected chi connectivity index (χ0v) is 15.1. The van der Waals surface area contributed by atoms with E-state index in [0.29, 0.717) is 18.3 Å². The van der Waals surface area contributed by atoms with E-state index in [1.807, 2.05) is 35.0 Å². The smallest absolute Gasteiger partial charge is 0.154 e. The van der Waals surface area contributed by atoms with Gasteiger partial charge < -0.3 is 5.32 Å². The fraction of sp³-hybridized carbons (Fsp3) is 0.476. The molecule has 2 atom stereocenters. The van der Waals surface area contributed by atoms with Crippen LogP contribution < -0.4 is 5.32 Å². The van der Waals surface area contributed by atoms with Crippen LogP contribution in [0.25, 0.3) is 16.9 Å². The van der Waals surface area contributed by atoms with Gasteiger partial charge in [0.15, 0.2) is 5.65 Å². The van der Waals surface area contributed by atoms with Crippen molar-refractivity contribution in [1.29, 1.82) is 0 Å².